The van der Waals surface area contributed by atoms with Crippen molar-refractivity contribution >= 4 is 44.6 Å². The summed E-state index contributed by atoms with van der Waals surface area (Å²) in [7, 11) is -3.71. The molecule has 0 saturated heterocycles. The molecule has 0 fully saturated rings. The number of hydrazone groups is 1. The molecular formula is C17H17ClN4O5S. The molecule has 2 aromatic rings. The molecule has 0 aliphatic rings. The van der Waals surface area contributed by atoms with Gasteiger partial charge in [0.1, 0.15) is 6.54 Å². The SMILES string of the molecule is C/C(=N\NC(=O)CN(c1ccc(Cl)cc1)S(C)(=O)=O)c1ccc([N+](=O)[O-])cc1. The molecule has 1 N–H and O–H groups in total. The first-order chi connectivity index (χ1) is 13.1. The van der Waals surface area contributed by atoms with E-state index in [1.54, 1.807) is 6.92 Å². The van der Waals surface area contributed by atoms with Gasteiger partial charge in [0.05, 0.1) is 22.6 Å². The summed E-state index contributed by atoms with van der Waals surface area (Å²) in [6, 6.07) is 11.7. The van der Waals surface area contributed by atoms with Gasteiger partial charge in [0.25, 0.3) is 11.6 Å². The maximum Gasteiger partial charge on any atom is 0.269 e. The van der Waals surface area contributed by atoms with Crippen LogP contribution in [0.2, 0.25) is 5.02 Å². The third-order valence-electron chi connectivity index (χ3n) is 3.65. The Bertz CT molecular complexity index is 1000. The molecule has 0 saturated carbocycles. The van der Waals surface area contributed by atoms with Crippen molar-refractivity contribution in [3.05, 3.63) is 69.2 Å². The summed E-state index contributed by atoms with van der Waals surface area (Å²) in [4.78, 5) is 22.3. The van der Waals surface area contributed by atoms with E-state index in [0.29, 0.717) is 16.3 Å². The van der Waals surface area contributed by atoms with Gasteiger partial charge in [0.15, 0.2) is 0 Å². The van der Waals surface area contributed by atoms with Crippen LogP contribution in [0.1, 0.15) is 12.5 Å². The second kappa shape index (κ2) is 8.81. The van der Waals surface area contributed by atoms with Crippen LogP contribution in [0.4, 0.5) is 11.4 Å². The predicted molar refractivity (Wildman–Crippen MR) is 107 cm³/mol. The van der Waals surface area contributed by atoms with Gasteiger partial charge in [-0.25, -0.2) is 13.8 Å². The summed E-state index contributed by atoms with van der Waals surface area (Å²) >= 11 is 5.80. The summed E-state index contributed by atoms with van der Waals surface area (Å²) in [5, 5.41) is 15.0. The van der Waals surface area contributed by atoms with Crippen molar-refractivity contribution < 1.29 is 18.1 Å². The lowest BCUT2D eigenvalue weighted by molar-refractivity contribution is -0.384. The number of nitro benzene ring substituents is 1. The zero-order valence-corrected chi connectivity index (χ0v) is 16.6. The summed E-state index contributed by atoms with van der Waals surface area (Å²) in [5.74, 6) is -0.651. The minimum Gasteiger partial charge on any atom is -0.271 e. The van der Waals surface area contributed by atoms with Gasteiger partial charge < -0.3 is 0 Å². The van der Waals surface area contributed by atoms with Gasteiger partial charge in [-0.05, 0) is 48.9 Å². The number of hydrogen-bond donors (Lipinski definition) is 1. The highest BCUT2D eigenvalue weighted by molar-refractivity contribution is 7.92. The van der Waals surface area contributed by atoms with Gasteiger partial charge in [-0.15, -0.1) is 0 Å². The minimum atomic E-state index is -3.71. The van der Waals surface area contributed by atoms with Crippen LogP contribution in [-0.4, -0.2) is 37.8 Å². The number of nitrogens with zero attached hydrogens (tertiary/aromatic N) is 3. The Kier molecular flexibility index (Phi) is 6.71. The van der Waals surface area contributed by atoms with Crippen LogP contribution < -0.4 is 9.73 Å². The number of benzene rings is 2. The zero-order valence-electron chi connectivity index (χ0n) is 15.0. The van der Waals surface area contributed by atoms with Gasteiger partial charge in [0.2, 0.25) is 10.0 Å². The van der Waals surface area contributed by atoms with Gasteiger partial charge in [-0.1, -0.05) is 11.6 Å². The summed E-state index contributed by atoms with van der Waals surface area (Å²) in [5.41, 5.74) is 3.49. The van der Waals surface area contributed by atoms with Crippen molar-refractivity contribution in [2.75, 3.05) is 17.1 Å². The molecule has 11 heteroatoms. The third-order valence-corrected chi connectivity index (χ3v) is 5.04. The lowest BCUT2D eigenvalue weighted by Gasteiger charge is -2.21. The molecule has 0 atom stereocenters. The number of carbonyl (C=O) groups is 1. The molecule has 0 spiro atoms. The van der Waals surface area contributed by atoms with E-state index in [-0.39, 0.29) is 11.4 Å². The highest BCUT2D eigenvalue weighted by atomic mass is 35.5. The fourth-order valence-electron chi connectivity index (χ4n) is 2.21. The van der Waals surface area contributed by atoms with Crippen molar-refractivity contribution in [1.29, 1.82) is 0 Å². The van der Waals surface area contributed by atoms with Gasteiger partial charge in [0, 0.05) is 17.2 Å². The smallest absolute Gasteiger partial charge is 0.269 e. The molecule has 2 aromatic carbocycles. The summed E-state index contributed by atoms with van der Waals surface area (Å²) < 4.78 is 25.0. The van der Waals surface area contributed by atoms with Crippen molar-refractivity contribution in [3.8, 4) is 0 Å². The van der Waals surface area contributed by atoms with Crippen LogP contribution >= 0.6 is 11.6 Å². The molecule has 0 aliphatic heterocycles. The van der Waals surface area contributed by atoms with Crippen LogP contribution in [0.15, 0.2) is 53.6 Å². The number of sulfonamides is 1. The molecule has 0 aromatic heterocycles. The molecule has 9 nitrogen and oxygen atoms in total. The second-order valence-corrected chi connectivity index (χ2v) is 8.13. The molecular weight excluding hydrogens is 408 g/mol. The Hall–Kier alpha value is -2.98. The predicted octanol–water partition coefficient (Wildman–Crippen LogP) is 2.55. The van der Waals surface area contributed by atoms with Crippen LogP contribution in [0.5, 0.6) is 0 Å². The number of amides is 1. The van der Waals surface area contributed by atoms with E-state index in [9.17, 15) is 23.3 Å². The Morgan fingerprint density at radius 3 is 2.25 bits per heavy atom. The standard InChI is InChI=1S/C17H17ClN4O5S/c1-12(13-3-7-16(8-4-13)22(24)25)19-20-17(23)11-21(28(2,26)27)15-9-5-14(18)6-10-15/h3-10H,11H2,1-2H3,(H,20,23)/b19-12+. The number of nitrogens with one attached hydrogen (secondary N) is 1. The van der Waals surface area contributed by atoms with E-state index in [1.165, 1.54) is 48.5 Å². The van der Waals surface area contributed by atoms with Crippen molar-refractivity contribution in [1.82, 2.24) is 5.43 Å². The first-order valence-electron chi connectivity index (χ1n) is 7.89. The Morgan fingerprint density at radius 2 is 1.75 bits per heavy atom. The number of rotatable bonds is 7. The Balaban J connectivity index is 2.10. The molecule has 1 amide bonds. The number of halogens is 1. The first kappa shape index (κ1) is 21.3. The van der Waals surface area contributed by atoms with Gasteiger partial charge >= 0.3 is 0 Å². The Labute approximate surface area is 166 Å². The third kappa shape index (κ3) is 5.76. The van der Waals surface area contributed by atoms with E-state index in [2.05, 4.69) is 10.5 Å². The summed E-state index contributed by atoms with van der Waals surface area (Å²) in [6.45, 7) is 1.13. The highest BCUT2D eigenvalue weighted by Crippen LogP contribution is 2.20. The summed E-state index contributed by atoms with van der Waals surface area (Å²) in [6.07, 6.45) is 0.986. The largest absolute Gasteiger partial charge is 0.271 e. The lowest BCUT2D eigenvalue weighted by Crippen LogP contribution is -2.39. The number of anilines is 1. The van der Waals surface area contributed by atoms with Gasteiger partial charge in [-0.2, -0.15) is 5.10 Å². The van der Waals surface area contributed by atoms with E-state index in [4.69, 9.17) is 11.6 Å². The van der Waals surface area contributed by atoms with E-state index in [0.717, 1.165) is 10.6 Å². The number of non-ortho nitro benzene ring substituents is 1. The molecule has 0 aliphatic carbocycles. The Morgan fingerprint density at radius 1 is 1.18 bits per heavy atom. The fraction of sp³-hybridized carbons (Fsp3) is 0.176. The zero-order chi connectivity index (χ0) is 20.9. The van der Waals surface area contributed by atoms with Crippen LogP contribution in [-0.2, 0) is 14.8 Å². The topological polar surface area (TPSA) is 122 Å². The lowest BCUT2D eigenvalue weighted by atomic mass is 10.1. The maximum atomic E-state index is 12.2. The fourth-order valence-corrected chi connectivity index (χ4v) is 3.19. The van der Waals surface area contributed by atoms with E-state index >= 15 is 0 Å². The molecule has 2 rings (SSSR count). The average Bonchev–Trinajstić information content (AvgIpc) is 2.64. The second-order valence-electron chi connectivity index (χ2n) is 5.78. The molecule has 0 radical (unpaired) electrons. The molecule has 0 heterocycles. The van der Waals surface area contributed by atoms with Crippen molar-refractivity contribution in [2.24, 2.45) is 5.10 Å². The van der Waals surface area contributed by atoms with Crippen LogP contribution in [0.25, 0.3) is 0 Å². The van der Waals surface area contributed by atoms with Crippen molar-refractivity contribution in [2.45, 2.75) is 6.92 Å². The van der Waals surface area contributed by atoms with Crippen LogP contribution in [0, 0.1) is 10.1 Å². The first-order valence-corrected chi connectivity index (χ1v) is 10.1. The van der Waals surface area contributed by atoms with Gasteiger partial charge in [-0.3, -0.25) is 19.2 Å². The number of hydrogen-bond acceptors (Lipinski definition) is 6. The van der Waals surface area contributed by atoms with E-state index < -0.39 is 27.4 Å². The minimum absolute atomic E-state index is 0.0626. The average molecular weight is 425 g/mol. The van der Waals surface area contributed by atoms with E-state index in [1.807, 2.05) is 0 Å². The molecule has 148 valence electrons. The number of carbonyl (C=O) groups excluding carboxylic acids is 1. The number of nitro groups is 1. The van der Waals surface area contributed by atoms with Crippen molar-refractivity contribution in [3.63, 3.8) is 0 Å². The molecule has 0 unspecified atom stereocenters. The van der Waals surface area contributed by atoms with Crippen LogP contribution in [0.3, 0.4) is 0 Å². The normalized spacial score (nSPS) is 11.8. The highest BCUT2D eigenvalue weighted by Gasteiger charge is 2.20. The monoisotopic (exact) mass is 424 g/mol. The quantitative estimate of drug-likeness (QED) is 0.415. The molecule has 0 bridgehead atoms. The molecule has 28 heavy (non-hydrogen) atoms. The maximum absolute atomic E-state index is 12.2.